The van der Waals surface area contributed by atoms with Crippen LogP contribution >= 0.6 is 11.6 Å². The summed E-state index contributed by atoms with van der Waals surface area (Å²) >= 11 is 5.84. The Balaban J connectivity index is 0.000000816. The molecular weight excluding hydrogens is 320 g/mol. The van der Waals surface area contributed by atoms with Crippen LogP contribution < -0.4 is 4.74 Å². The molecule has 0 bridgehead atoms. The van der Waals surface area contributed by atoms with Crippen LogP contribution in [0.25, 0.3) is 16.4 Å². The van der Waals surface area contributed by atoms with Gasteiger partial charge in [0.2, 0.25) is 0 Å². The first-order chi connectivity index (χ1) is 11.0. The molecule has 0 atom stereocenters. The van der Waals surface area contributed by atoms with Gasteiger partial charge < -0.3 is 13.9 Å². The van der Waals surface area contributed by atoms with Gasteiger partial charge in [0.05, 0.1) is 17.7 Å². The number of ether oxygens (including phenoxy) is 2. The van der Waals surface area contributed by atoms with Gasteiger partial charge >= 0.3 is 0 Å². The summed E-state index contributed by atoms with van der Waals surface area (Å²) < 4.78 is 15.1. The monoisotopic (exact) mass is 336 g/mol. The number of carbonyl (C=O) groups is 1. The second-order valence-electron chi connectivity index (χ2n) is 4.22. The van der Waals surface area contributed by atoms with Crippen LogP contribution in [0.3, 0.4) is 0 Å². The summed E-state index contributed by atoms with van der Waals surface area (Å²) in [6.45, 7) is 7.05. The van der Waals surface area contributed by atoms with Gasteiger partial charge in [-0.3, -0.25) is 14.8 Å². The number of aldehydes is 1. The van der Waals surface area contributed by atoms with Gasteiger partial charge in [0.1, 0.15) is 22.9 Å². The van der Waals surface area contributed by atoms with Crippen molar-refractivity contribution in [2.75, 3.05) is 21.3 Å². The molecule has 0 N–H and O–H groups in total. The normalized spacial score (nSPS) is 9.57. The van der Waals surface area contributed by atoms with Crippen LogP contribution in [0, 0.1) is 0 Å². The molecule has 0 aliphatic rings. The zero-order chi connectivity index (χ0) is 17.4. The van der Waals surface area contributed by atoms with Crippen molar-refractivity contribution >= 4 is 35.3 Å². The first kappa shape index (κ1) is 18.6. The summed E-state index contributed by atoms with van der Waals surface area (Å²) in [6.07, 6.45) is 2.12. The van der Waals surface area contributed by atoms with E-state index in [1.54, 1.807) is 20.3 Å². The fraction of sp³-hybridized carbons (Fsp3) is 0.188. The molecule has 0 saturated heterocycles. The summed E-state index contributed by atoms with van der Waals surface area (Å²) in [4.78, 5) is 18.5. The summed E-state index contributed by atoms with van der Waals surface area (Å²) in [6, 6.07) is 3.16. The lowest BCUT2D eigenvalue weighted by atomic mass is 10.2. The summed E-state index contributed by atoms with van der Waals surface area (Å²) in [5.41, 5.74) is 1.31. The Morgan fingerprint density at radius 1 is 1.39 bits per heavy atom. The molecule has 2 rings (SSSR count). The molecule has 0 spiro atoms. The molecule has 0 unspecified atom stereocenters. The van der Waals surface area contributed by atoms with Crippen molar-refractivity contribution in [1.29, 1.82) is 0 Å². The third-order valence-corrected chi connectivity index (χ3v) is 2.79. The van der Waals surface area contributed by atoms with E-state index >= 15 is 0 Å². The van der Waals surface area contributed by atoms with Crippen LogP contribution in [0.15, 0.2) is 34.3 Å². The van der Waals surface area contributed by atoms with Gasteiger partial charge in [0.25, 0.3) is 0 Å². The zero-order valence-electron chi connectivity index (χ0n) is 13.1. The van der Waals surface area contributed by atoms with Gasteiger partial charge in [-0.1, -0.05) is 18.2 Å². The van der Waals surface area contributed by atoms with E-state index in [2.05, 4.69) is 28.0 Å². The molecule has 0 aliphatic heterocycles. The number of furan rings is 1. The third-order valence-electron chi connectivity index (χ3n) is 2.62. The topological polar surface area (TPSA) is 73.9 Å². The van der Waals surface area contributed by atoms with Crippen molar-refractivity contribution in [2.45, 2.75) is 0 Å². The molecule has 0 aromatic carbocycles. The molecule has 122 valence electrons. The van der Waals surface area contributed by atoms with Crippen LogP contribution in [0.1, 0.15) is 16.2 Å². The van der Waals surface area contributed by atoms with E-state index in [4.69, 9.17) is 20.8 Å². The fourth-order valence-electron chi connectivity index (χ4n) is 1.70. The number of methoxy groups -OCH3 is 2. The minimum atomic E-state index is 0.218. The number of hydrogen-bond acceptors (Lipinski definition) is 6. The predicted octanol–water partition coefficient (Wildman–Crippen LogP) is 3.97. The summed E-state index contributed by atoms with van der Waals surface area (Å²) in [5.74, 6) is 1.24. The van der Waals surface area contributed by atoms with E-state index in [9.17, 15) is 4.79 Å². The third kappa shape index (κ3) is 4.51. The van der Waals surface area contributed by atoms with Gasteiger partial charge in [-0.15, -0.1) is 0 Å². The number of carbonyl (C=O) groups excluding carboxylic acids is 1. The molecule has 0 aliphatic carbocycles. The van der Waals surface area contributed by atoms with Crippen molar-refractivity contribution in [1.82, 2.24) is 4.98 Å². The van der Waals surface area contributed by atoms with Crippen molar-refractivity contribution in [3.63, 3.8) is 0 Å². The Bertz CT molecular complexity index is 710. The highest BCUT2D eigenvalue weighted by Gasteiger charge is 2.17. The smallest absolute Gasteiger partial charge is 0.171 e. The molecule has 2 aromatic heterocycles. The maximum Gasteiger partial charge on any atom is 0.171 e. The van der Waals surface area contributed by atoms with Crippen LogP contribution in [0.2, 0.25) is 0 Å². The average Bonchev–Trinajstić information content (AvgIpc) is 2.99. The van der Waals surface area contributed by atoms with Crippen molar-refractivity contribution < 1.29 is 18.7 Å². The first-order valence-electron chi connectivity index (χ1n) is 6.37. The minimum absolute atomic E-state index is 0.218. The van der Waals surface area contributed by atoms with Crippen LogP contribution in [-0.4, -0.2) is 39.3 Å². The van der Waals surface area contributed by atoms with E-state index in [0.29, 0.717) is 34.8 Å². The Labute approximate surface area is 139 Å². The molecule has 0 saturated carbocycles. The van der Waals surface area contributed by atoms with Gasteiger partial charge in [-0.05, 0) is 6.72 Å². The quantitative estimate of drug-likeness (QED) is 0.610. The zero-order valence-corrected chi connectivity index (χ0v) is 13.9. The highest BCUT2D eigenvalue weighted by atomic mass is 35.5. The van der Waals surface area contributed by atoms with Crippen molar-refractivity contribution in [3.8, 4) is 17.1 Å². The Hall–Kier alpha value is -2.44. The molecule has 7 heteroatoms. The highest BCUT2D eigenvalue weighted by molar-refractivity contribution is 6.48. The maximum absolute atomic E-state index is 10.7. The SMILES string of the molecule is C=Nc1cc(-c2cnc(C=O)cc2OC)oc1C(=C)Cl.COC. The lowest BCUT2D eigenvalue weighted by Gasteiger charge is -2.05. The molecule has 6 nitrogen and oxygen atoms in total. The largest absolute Gasteiger partial charge is 0.496 e. The summed E-state index contributed by atoms with van der Waals surface area (Å²) in [5, 5.41) is 0.218. The van der Waals surface area contributed by atoms with Gasteiger partial charge in [-0.2, -0.15) is 0 Å². The minimum Gasteiger partial charge on any atom is -0.496 e. The molecule has 2 heterocycles. The second-order valence-corrected chi connectivity index (χ2v) is 4.68. The highest BCUT2D eigenvalue weighted by Crippen LogP contribution is 2.38. The summed E-state index contributed by atoms with van der Waals surface area (Å²) in [7, 11) is 4.74. The van der Waals surface area contributed by atoms with Gasteiger partial charge in [-0.25, -0.2) is 0 Å². The Morgan fingerprint density at radius 2 is 2.04 bits per heavy atom. The van der Waals surface area contributed by atoms with E-state index < -0.39 is 0 Å². The number of aromatic nitrogens is 1. The lowest BCUT2D eigenvalue weighted by molar-refractivity contribution is 0.111. The first-order valence-corrected chi connectivity index (χ1v) is 6.75. The maximum atomic E-state index is 10.7. The molecule has 2 aromatic rings. The number of nitrogens with zero attached hydrogens (tertiary/aromatic N) is 2. The van der Waals surface area contributed by atoms with Crippen LogP contribution in [0.5, 0.6) is 5.75 Å². The number of hydrogen-bond donors (Lipinski definition) is 0. The lowest BCUT2D eigenvalue weighted by Crippen LogP contribution is -1.92. The van der Waals surface area contributed by atoms with E-state index in [1.165, 1.54) is 19.4 Å². The molecule has 0 radical (unpaired) electrons. The predicted molar refractivity (Wildman–Crippen MR) is 90.9 cm³/mol. The van der Waals surface area contributed by atoms with Gasteiger partial charge in [0.15, 0.2) is 12.0 Å². The second kappa shape index (κ2) is 8.87. The van der Waals surface area contributed by atoms with Crippen LogP contribution in [0.4, 0.5) is 5.69 Å². The number of halogens is 1. The molecule has 0 amide bonds. The number of rotatable bonds is 5. The van der Waals surface area contributed by atoms with Crippen molar-refractivity contribution in [3.05, 3.63) is 36.4 Å². The fourth-order valence-corrected chi connectivity index (χ4v) is 1.83. The van der Waals surface area contributed by atoms with E-state index in [-0.39, 0.29) is 10.7 Å². The number of pyridine rings is 1. The van der Waals surface area contributed by atoms with E-state index in [1.807, 2.05) is 0 Å². The van der Waals surface area contributed by atoms with Crippen molar-refractivity contribution in [2.24, 2.45) is 4.99 Å². The number of aliphatic imine (C=N–C) groups is 1. The molecule has 23 heavy (non-hydrogen) atoms. The van der Waals surface area contributed by atoms with Gasteiger partial charge in [0, 0.05) is 32.5 Å². The standard InChI is InChI=1S/C14H11ClN2O3.C2H6O/c1-8(15)14-11(16-2)5-13(20-14)10-6-17-9(7-18)4-12(10)19-3;1-3-2/h4-7H,1-2H2,3H3;1-2H3. The average molecular weight is 337 g/mol. The molecular formula is C16H17ClN2O4. The van der Waals surface area contributed by atoms with E-state index in [0.717, 1.165) is 0 Å². The Kier molecular flexibility index (Phi) is 7.18. The Morgan fingerprint density at radius 3 is 2.48 bits per heavy atom. The molecule has 0 fully saturated rings. The van der Waals surface area contributed by atoms with Crippen LogP contribution in [-0.2, 0) is 4.74 Å².